The van der Waals surface area contributed by atoms with E-state index in [-0.39, 0.29) is 0 Å². The fourth-order valence-corrected chi connectivity index (χ4v) is 3.18. The summed E-state index contributed by atoms with van der Waals surface area (Å²) >= 11 is 0. The molecule has 136 valence electrons. The highest BCUT2D eigenvalue weighted by Crippen LogP contribution is 2.14. The van der Waals surface area contributed by atoms with Gasteiger partial charge in [-0.25, -0.2) is 0 Å². The van der Waals surface area contributed by atoms with Crippen LogP contribution in [0.15, 0.2) is 11.1 Å². The molecule has 1 aromatic heterocycles. The van der Waals surface area contributed by atoms with Gasteiger partial charge in [-0.15, -0.1) is 0 Å². The molecule has 0 amide bonds. The molecule has 1 aliphatic heterocycles. The van der Waals surface area contributed by atoms with E-state index in [2.05, 4.69) is 50.2 Å². The number of rotatable bonds is 7. The van der Waals surface area contributed by atoms with E-state index >= 15 is 0 Å². The second-order valence-electron chi connectivity index (χ2n) is 6.95. The minimum Gasteiger partial charge on any atom is -0.356 e. The molecular formula is C18H34N6. The molecule has 0 aliphatic carbocycles. The summed E-state index contributed by atoms with van der Waals surface area (Å²) < 4.78 is 2.07. The molecule has 6 nitrogen and oxygen atoms in total. The lowest BCUT2D eigenvalue weighted by Crippen LogP contribution is -2.43. The molecule has 2 rings (SSSR count). The van der Waals surface area contributed by atoms with Crippen molar-refractivity contribution in [2.24, 2.45) is 10.9 Å². The molecule has 1 aromatic rings. The van der Waals surface area contributed by atoms with E-state index in [1.54, 1.807) is 0 Å². The zero-order chi connectivity index (χ0) is 17.4. The first-order valence-electron chi connectivity index (χ1n) is 9.26. The monoisotopic (exact) mass is 334 g/mol. The largest absolute Gasteiger partial charge is 0.356 e. The van der Waals surface area contributed by atoms with Gasteiger partial charge in [0.1, 0.15) is 0 Å². The first-order valence-corrected chi connectivity index (χ1v) is 9.26. The number of piperidine rings is 1. The topological polar surface area (TPSA) is 57.5 Å². The Kier molecular flexibility index (Phi) is 7.56. The Morgan fingerprint density at radius 2 is 1.92 bits per heavy atom. The smallest absolute Gasteiger partial charge is 0.191 e. The lowest BCUT2D eigenvalue weighted by molar-refractivity contribution is 0.195. The van der Waals surface area contributed by atoms with Crippen LogP contribution in [-0.4, -0.2) is 60.4 Å². The highest BCUT2D eigenvalue weighted by molar-refractivity contribution is 5.79. The van der Waals surface area contributed by atoms with Gasteiger partial charge in [0.15, 0.2) is 5.96 Å². The molecule has 2 heterocycles. The minimum atomic E-state index is 0.894. The van der Waals surface area contributed by atoms with Gasteiger partial charge in [0, 0.05) is 38.9 Å². The number of hydrogen-bond acceptors (Lipinski definition) is 3. The quantitative estimate of drug-likeness (QED) is 0.453. The van der Waals surface area contributed by atoms with Crippen LogP contribution in [0.1, 0.15) is 37.6 Å². The fraction of sp³-hybridized carbons (Fsp3) is 0.778. The third-order valence-electron chi connectivity index (χ3n) is 4.76. The standard InChI is InChI=1S/C18H34N6/c1-15-6-11-23(12-7-15)13-9-21-18(19-4)20-8-5-10-24-17(3)14-16(2)22-24/h14-15H,5-13H2,1-4H3,(H2,19,20,21). The average Bonchev–Trinajstić information content (AvgIpc) is 2.89. The number of aliphatic imine (C=N–C) groups is 1. The van der Waals surface area contributed by atoms with E-state index in [0.717, 1.165) is 50.2 Å². The van der Waals surface area contributed by atoms with E-state index in [9.17, 15) is 0 Å². The zero-order valence-electron chi connectivity index (χ0n) is 15.8. The van der Waals surface area contributed by atoms with Crippen LogP contribution >= 0.6 is 0 Å². The summed E-state index contributed by atoms with van der Waals surface area (Å²) in [4.78, 5) is 6.85. The molecule has 0 unspecified atom stereocenters. The molecular weight excluding hydrogens is 300 g/mol. The van der Waals surface area contributed by atoms with Crippen molar-refractivity contribution >= 4 is 5.96 Å². The lowest BCUT2D eigenvalue weighted by Gasteiger charge is -2.30. The van der Waals surface area contributed by atoms with Crippen molar-refractivity contribution in [3.05, 3.63) is 17.5 Å². The summed E-state index contributed by atoms with van der Waals surface area (Å²) in [5, 5.41) is 11.3. The summed E-state index contributed by atoms with van der Waals surface area (Å²) in [7, 11) is 1.83. The van der Waals surface area contributed by atoms with Crippen LogP contribution in [0.4, 0.5) is 0 Å². The van der Waals surface area contributed by atoms with Crippen LogP contribution in [-0.2, 0) is 6.54 Å². The molecule has 1 aliphatic rings. The van der Waals surface area contributed by atoms with Gasteiger partial charge in [-0.3, -0.25) is 9.67 Å². The summed E-state index contributed by atoms with van der Waals surface area (Å²) in [6.07, 6.45) is 3.70. The highest BCUT2D eigenvalue weighted by atomic mass is 15.3. The van der Waals surface area contributed by atoms with E-state index in [4.69, 9.17) is 0 Å². The first-order chi connectivity index (χ1) is 11.6. The summed E-state index contributed by atoms with van der Waals surface area (Å²) in [6, 6.07) is 2.12. The number of likely N-dealkylation sites (tertiary alicyclic amines) is 1. The number of aryl methyl sites for hydroxylation is 3. The molecule has 0 saturated carbocycles. The Balaban J connectivity index is 1.58. The molecule has 6 heteroatoms. The minimum absolute atomic E-state index is 0.894. The van der Waals surface area contributed by atoms with Gasteiger partial charge in [0.05, 0.1) is 5.69 Å². The number of nitrogens with one attached hydrogen (secondary N) is 2. The molecule has 0 spiro atoms. The van der Waals surface area contributed by atoms with Crippen molar-refractivity contribution < 1.29 is 0 Å². The molecule has 0 bridgehead atoms. The van der Waals surface area contributed by atoms with Crippen LogP contribution in [0.3, 0.4) is 0 Å². The Labute approximate surface area is 146 Å². The molecule has 24 heavy (non-hydrogen) atoms. The van der Waals surface area contributed by atoms with Crippen molar-refractivity contribution in [1.29, 1.82) is 0 Å². The van der Waals surface area contributed by atoms with Crippen molar-refractivity contribution in [3.63, 3.8) is 0 Å². The van der Waals surface area contributed by atoms with Crippen molar-refractivity contribution in [1.82, 2.24) is 25.3 Å². The molecule has 0 aromatic carbocycles. The number of guanidine groups is 1. The number of nitrogens with zero attached hydrogens (tertiary/aromatic N) is 4. The molecule has 2 N–H and O–H groups in total. The van der Waals surface area contributed by atoms with E-state index < -0.39 is 0 Å². The second-order valence-corrected chi connectivity index (χ2v) is 6.95. The van der Waals surface area contributed by atoms with Crippen molar-refractivity contribution in [2.75, 3.05) is 39.8 Å². The summed E-state index contributed by atoms with van der Waals surface area (Å²) in [6.45, 7) is 12.9. The van der Waals surface area contributed by atoms with E-state index in [1.165, 1.54) is 31.6 Å². The van der Waals surface area contributed by atoms with Crippen LogP contribution in [0.5, 0.6) is 0 Å². The van der Waals surface area contributed by atoms with Crippen LogP contribution in [0, 0.1) is 19.8 Å². The molecule has 0 atom stereocenters. The van der Waals surface area contributed by atoms with E-state index in [0.29, 0.717) is 0 Å². The van der Waals surface area contributed by atoms with E-state index in [1.807, 2.05) is 14.0 Å². The third kappa shape index (κ3) is 6.15. The number of hydrogen-bond donors (Lipinski definition) is 2. The maximum absolute atomic E-state index is 4.49. The zero-order valence-corrected chi connectivity index (χ0v) is 15.8. The summed E-state index contributed by atoms with van der Waals surface area (Å²) in [5.74, 6) is 1.79. The van der Waals surface area contributed by atoms with Crippen LogP contribution in [0.2, 0.25) is 0 Å². The van der Waals surface area contributed by atoms with Gasteiger partial charge in [-0.2, -0.15) is 5.10 Å². The predicted molar refractivity (Wildman–Crippen MR) is 101 cm³/mol. The van der Waals surface area contributed by atoms with Gasteiger partial charge < -0.3 is 15.5 Å². The Hall–Kier alpha value is -1.56. The van der Waals surface area contributed by atoms with Crippen LogP contribution < -0.4 is 10.6 Å². The molecule has 1 fully saturated rings. The Morgan fingerprint density at radius 3 is 2.54 bits per heavy atom. The summed E-state index contributed by atoms with van der Waals surface area (Å²) in [5.41, 5.74) is 2.32. The van der Waals surface area contributed by atoms with Gasteiger partial charge >= 0.3 is 0 Å². The SMILES string of the molecule is CN=C(NCCCn1nc(C)cc1C)NCCN1CCC(C)CC1. The van der Waals surface area contributed by atoms with Gasteiger partial charge in [-0.1, -0.05) is 6.92 Å². The Bertz CT molecular complexity index is 514. The maximum atomic E-state index is 4.49. The van der Waals surface area contributed by atoms with Gasteiger partial charge in [-0.05, 0) is 58.2 Å². The van der Waals surface area contributed by atoms with Crippen LogP contribution in [0.25, 0.3) is 0 Å². The normalized spacial score (nSPS) is 17.2. The van der Waals surface area contributed by atoms with Gasteiger partial charge in [0.2, 0.25) is 0 Å². The average molecular weight is 335 g/mol. The highest BCUT2D eigenvalue weighted by Gasteiger charge is 2.14. The first kappa shape index (κ1) is 18.8. The van der Waals surface area contributed by atoms with Crippen molar-refractivity contribution in [2.45, 2.75) is 46.6 Å². The second kappa shape index (κ2) is 9.67. The van der Waals surface area contributed by atoms with Gasteiger partial charge in [0.25, 0.3) is 0 Å². The number of aromatic nitrogens is 2. The maximum Gasteiger partial charge on any atom is 0.191 e. The molecule has 1 saturated heterocycles. The fourth-order valence-electron chi connectivity index (χ4n) is 3.18. The lowest BCUT2D eigenvalue weighted by atomic mass is 9.99. The van der Waals surface area contributed by atoms with Crippen molar-refractivity contribution in [3.8, 4) is 0 Å². The third-order valence-corrected chi connectivity index (χ3v) is 4.76. The molecule has 0 radical (unpaired) electrons. The predicted octanol–water partition coefficient (Wildman–Crippen LogP) is 1.79. The Morgan fingerprint density at radius 1 is 1.21 bits per heavy atom.